The first-order valence-corrected chi connectivity index (χ1v) is 12.0. The maximum absolute atomic E-state index is 6.20. The molecule has 20 heavy (non-hydrogen) atoms. The van der Waals surface area contributed by atoms with Crippen LogP contribution in [0.2, 0.25) is 0 Å². The Kier molecular flexibility index (Phi) is 9.72. The van der Waals surface area contributed by atoms with E-state index in [0.29, 0.717) is 0 Å². The molecule has 0 bridgehead atoms. The van der Waals surface area contributed by atoms with Crippen molar-refractivity contribution in [3.05, 3.63) is 0 Å². The highest BCUT2D eigenvalue weighted by Gasteiger charge is 2.38. The highest BCUT2D eigenvalue weighted by molar-refractivity contribution is 7.86. The van der Waals surface area contributed by atoms with Gasteiger partial charge < -0.3 is 9.05 Å². The molecule has 0 amide bonds. The van der Waals surface area contributed by atoms with Crippen molar-refractivity contribution in [3.63, 3.8) is 0 Å². The van der Waals surface area contributed by atoms with Gasteiger partial charge in [-0.3, -0.25) is 4.90 Å². The second kappa shape index (κ2) is 9.49. The molecule has 0 spiro atoms. The van der Waals surface area contributed by atoms with Gasteiger partial charge in [0.2, 0.25) is 0 Å². The number of rotatable bonds is 11. The molecule has 0 aliphatic heterocycles. The molecule has 0 rings (SSSR count). The van der Waals surface area contributed by atoms with Crippen molar-refractivity contribution in [2.45, 2.75) is 46.1 Å². The van der Waals surface area contributed by atoms with Crippen molar-refractivity contribution < 1.29 is 9.05 Å². The fourth-order valence-corrected chi connectivity index (χ4v) is 12.4. The molecule has 0 N–H and O–H groups in total. The summed E-state index contributed by atoms with van der Waals surface area (Å²) in [5.41, 5.74) is 0.245. The van der Waals surface area contributed by atoms with Gasteiger partial charge in [-0.15, -0.1) is 0 Å². The van der Waals surface area contributed by atoms with Crippen LogP contribution in [0.3, 0.4) is 0 Å². The van der Waals surface area contributed by atoms with Crippen molar-refractivity contribution in [2.75, 3.05) is 39.6 Å². The first-order chi connectivity index (χ1) is 9.31. The molecule has 0 aromatic heterocycles. The monoisotopic (exact) mass is 323 g/mol. The summed E-state index contributed by atoms with van der Waals surface area (Å²) in [7, 11) is 0.680. The van der Waals surface area contributed by atoms with Crippen molar-refractivity contribution in [2.24, 2.45) is 0 Å². The van der Waals surface area contributed by atoms with Gasteiger partial charge in [0.25, 0.3) is 0 Å². The smallest absolute Gasteiger partial charge is 0.0934 e. The Balaban J connectivity index is 5.67. The summed E-state index contributed by atoms with van der Waals surface area (Å²) in [6, 6.07) is 0. The average Bonchev–Trinajstić information content (AvgIpc) is 2.28. The lowest BCUT2D eigenvalue weighted by Crippen LogP contribution is -2.32. The van der Waals surface area contributed by atoms with Gasteiger partial charge in [-0.05, 0) is 40.3 Å². The van der Waals surface area contributed by atoms with Crippen LogP contribution in [0.25, 0.3) is 0 Å². The SMILES string of the molecule is C=P(CCC)(OCC)C(N(C)C)P(=C)(CCC)OCC. The molecule has 3 nitrogen and oxygen atoms in total. The summed E-state index contributed by atoms with van der Waals surface area (Å²) in [5, 5.41) is 0. The lowest BCUT2D eigenvalue weighted by molar-refractivity contribution is 0.323. The second-order valence-corrected chi connectivity index (χ2v) is 12.1. The fraction of sp³-hybridized carbons (Fsp3) is 0.867. The van der Waals surface area contributed by atoms with E-state index in [1.54, 1.807) is 0 Å². The second-order valence-electron chi connectivity index (χ2n) is 5.50. The normalized spacial score (nSPS) is 19.6. The average molecular weight is 323 g/mol. The molecule has 0 aromatic carbocycles. The molecule has 0 radical (unpaired) electrons. The van der Waals surface area contributed by atoms with Crippen molar-refractivity contribution in [3.8, 4) is 0 Å². The van der Waals surface area contributed by atoms with Crippen LogP contribution >= 0.6 is 14.2 Å². The molecular formula is C15H35NO2P2. The summed E-state index contributed by atoms with van der Waals surface area (Å²) in [4.78, 5) is 2.26. The van der Waals surface area contributed by atoms with Crippen LogP contribution in [-0.4, -0.2) is 62.7 Å². The molecule has 2 unspecified atom stereocenters. The Morgan fingerprint density at radius 1 is 0.850 bits per heavy atom. The van der Waals surface area contributed by atoms with Crippen LogP contribution < -0.4 is 0 Å². The van der Waals surface area contributed by atoms with Crippen molar-refractivity contribution in [1.29, 1.82) is 0 Å². The van der Waals surface area contributed by atoms with E-state index in [9.17, 15) is 0 Å². The van der Waals surface area contributed by atoms with Gasteiger partial charge in [0.1, 0.15) is 0 Å². The van der Waals surface area contributed by atoms with Crippen molar-refractivity contribution in [1.82, 2.24) is 4.90 Å². The Labute approximate surface area is 127 Å². The van der Waals surface area contributed by atoms with E-state index in [-0.39, 0.29) is 5.52 Å². The van der Waals surface area contributed by atoms with Gasteiger partial charge in [-0.25, -0.2) is 0 Å². The van der Waals surface area contributed by atoms with Crippen LogP contribution in [0.4, 0.5) is 0 Å². The van der Waals surface area contributed by atoms with Crippen LogP contribution in [0.15, 0.2) is 0 Å². The van der Waals surface area contributed by atoms with Crippen molar-refractivity contribution >= 4 is 26.8 Å². The third-order valence-electron chi connectivity index (χ3n) is 3.28. The van der Waals surface area contributed by atoms with Gasteiger partial charge in [-0.2, -0.15) is 0 Å². The first-order valence-electron chi connectivity index (χ1n) is 7.70. The zero-order valence-electron chi connectivity index (χ0n) is 14.4. The molecule has 0 saturated heterocycles. The third-order valence-corrected chi connectivity index (χ3v) is 12.4. The Morgan fingerprint density at radius 2 is 1.20 bits per heavy atom. The fourth-order valence-electron chi connectivity index (χ4n) is 2.99. The van der Waals surface area contributed by atoms with E-state index in [1.807, 2.05) is 0 Å². The van der Waals surface area contributed by atoms with Gasteiger partial charge in [-0.1, -0.05) is 39.3 Å². The number of nitrogens with zero attached hydrogens (tertiary/aromatic N) is 1. The largest absolute Gasteiger partial charge is 0.360 e. The Bertz CT molecular complexity index is 306. The van der Waals surface area contributed by atoms with E-state index in [1.165, 1.54) is 0 Å². The molecular weight excluding hydrogens is 288 g/mol. The summed E-state index contributed by atoms with van der Waals surface area (Å²) in [6.07, 6.45) is 13.4. The minimum atomic E-state index is -1.78. The molecule has 0 saturated carbocycles. The maximum atomic E-state index is 6.20. The number of hydrogen-bond acceptors (Lipinski definition) is 3. The van der Waals surface area contributed by atoms with Gasteiger partial charge in [0.15, 0.2) is 0 Å². The Hall–Kier alpha value is 0.480. The van der Waals surface area contributed by atoms with Gasteiger partial charge in [0, 0.05) is 27.4 Å². The minimum Gasteiger partial charge on any atom is -0.360 e. The van der Waals surface area contributed by atoms with Crippen LogP contribution in [0.1, 0.15) is 40.5 Å². The van der Waals surface area contributed by atoms with Gasteiger partial charge in [0.05, 0.1) is 5.52 Å². The van der Waals surface area contributed by atoms with Crippen LogP contribution in [-0.2, 0) is 9.05 Å². The Morgan fingerprint density at radius 3 is 1.40 bits per heavy atom. The predicted molar refractivity (Wildman–Crippen MR) is 99.1 cm³/mol. The zero-order chi connectivity index (χ0) is 15.8. The lowest BCUT2D eigenvalue weighted by atomic mass is 10.6. The predicted octanol–water partition coefficient (Wildman–Crippen LogP) is 4.45. The van der Waals surface area contributed by atoms with Crippen LogP contribution in [0, 0.1) is 0 Å². The lowest BCUT2D eigenvalue weighted by Gasteiger charge is -2.44. The van der Waals surface area contributed by atoms with E-state index in [0.717, 1.165) is 38.4 Å². The summed E-state index contributed by atoms with van der Waals surface area (Å²) in [6.45, 7) is 9.97. The molecule has 0 aromatic rings. The molecule has 0 fully saturated rings. The zero-order valence-corrected chi connectivity index (χ0v) is 16.2. The summed E-state index contributed by atoms with van der Waals surface area (Å²) >= 11 is 0. The molecule has 122 valence electrons. The van der Waals surface area contributed by atoms with Crippen LogP contribution in [0.5, 0.6) is 0 Å². The van der Waals surface area contributed by atoms with E-state index in [4.69, 9.17) is 9.05 Å². The molecule has 0 aliphatic rings. The maximum Gasteiger partial charge on any atom is 0.0934 e. The van der Waals surface area contributed by atoms with E-state index >= 15 is 0 Å². The summed E-state index contributed by atoms with van der Waals surface area (Å²) in [5.74, 6) is 0. The van der Waals surface area contributed by atoms with E-state index in [2.05, 4.69) is 59.3 Å². The number of hydrogen-bond donors (Lipinski definition) is 0. The topological polar surface area (TPSA) is 21.7 Å². The van der Waals surface area contributed by atoms with Gasteiger partial charge >= 0.3 is 0 Å². The molecule has 5 heteroatoms. The molecule has 0 aliphatic carbocycles. The third kappa shape index (κ3) is 5.35. The van der Waals surface area contributed by atoms with E-state index < -0.39 is 14.2 Å². The standard InChI is InChI=1S/C15H35NO2P2/c1-9-13-19(7,17-11-3)15(16(5)6)20(8,14-10-2)18-12-4/h15H,7-14H2,1-6H3. The highest BCUT2D eigenvalue weighted by Crippen LogP contribution is 2.69. The quantitative estimate of drug-likeness (QED) is 0.524. The molecule has 0 heterocycles. The molecule has 2 atom stereocenters. The first kappa shape index (κ1) is 20.5. The summed E-state index contributed by atoms with van der Waals surface area (Å²) < 4.78 is 12.4. The minimum absolute atomic E-state index is 0.245. The highest BCUT2D eigenvalue weighted by atomic mass is 31.2.